The summed E-state index contributed by atoms with van der Waals surface area (Å²) >= 11 is 0. The summed E-state index contributed by atoms with van der Waals surface area (Å²) < 4.78 is 5.45. The number of ether oxygens (including phenoxy) is 1. The molecule has 0 bridgehead atoms. The molecule has 0 saturated heterocycles. The van der Waals surface area contributed by atoms with Gasteiger partial charge < -0.3 is 21.3 Å². The first-order valence-electron chi connectivity index (χ1n) is 8.37. The molecule has 0 amide bonds. The van der Waals surface area contributed by atoms with Gasteiger partial charge in [-0.2, -0.15) is 0 Å². The molecular weight excluding hydrogens is 332 g/mol. The Kier molecular flexibility index (Phi) is 6.00. The van der Waals surface area contributed by atoms with Crippen LogP contribution in [0.15, 0.2) is 48.5 Å². The van der Waals surface area contributed by atoms with E-state index in [2.05, 4.69) is 0 Å². The number of nitrogens with two attached hydrogens (primary N) is 2. The first-order valence-corrected chi connectivity index (χ1v) is 8.37. The van der Waals surface area contributed by atoms with Crippen molar-refractivity contribution in [3.63, 3.8) is 0 Å². The molecule has 26 heavy (non-hydrogen) atoms. The molecule has 1 atom stereocenters. The Morgan fingerprint density at radius 3 is 2.35 bits per heavy atom. The number of hydrogen-bond acceptors (Lipinski definition) is 5. The Bertz CT molecular complexity index is 790. The van der Waals surface area contributed by atoms with Crippen molar-refractivity contribution in [2.45, 2.75) is 32.4 Å². The second-order valence-electron chi connectivity index (χ2n) is 6.74. The lowest BCUT2D eigenvalue weighted by Crippen LogP contribution is -2.47. The van der Waals surface area contributed by atoms with Crippen molar-refractivity contribution < 1.29 is 19.4 Å². The van der Waals surface area contributed by atoms with Gasteiger partial charge in [-0.15, -0.1) is 0 Å². The summed E-state index contributed by atoms with van der Waals surface area (Å²) in [5.41, 5.74) is 12.4. The van der Waals surface area contributed by atoms with E-state index >= 15 is 0 Å². The zero-order chi connectivity index (χ0) is 19.3. The van der Waals surface area contributed by atoms with Gasteiger partial charge in [-0.1, -0.05) is 50.2 Å². The minimum Gasteiger partial charge on any atom is -0.478 e. The van der Waals surface area contributed by atoms with Gasteiger partial charge in [-0.3, -0.25) is 0 Å². The lowest BCUT2D eigenvalue weighted by molar-refractivity contribution is -0.152. The molecule has 2 rings (SSSR count). The van der Waals surface area contributed by atoms with Gasteiger partial charge in [0.15, 0.2) is 0 Å². The van der Waals surface area contributed by atoms with Crippen LogP contribution in [0.3, 0.4) is 0 Å². The highest BCUT2D eigenvalue weighted by atomic mass is 16.5. The summed E-state index contributed by atoms with van der Waals surface area (Å²) in [6.07, 6.45) is 0.317. The third kappa shape index (κ3) is 4.40. The second-order valence-corrected chi connectivity index (χ2v) is 6.74. The smallest absolute Gasteiger partial charge is 0.335 e. The van der Waals surface area contributed by atoms with Crippen LogP contribution >= 0.6 is 0 Å². The number of carbonyl (C=O) groups excluding carboxylic acids is 1. The Balaban J connectivity index is 2.32. The molecule has 0 unspecified atom stereocenters. The van der Waals surface area contributed by atoms with E-state index < -0.39 is 17.5 Å². The van der Waals surface area contributed by atoms with E-state index in [4.69, 9.17) is 21.3 Å². The Morgan fingerprint density at radius 1 is 1.15 bits per heavy atom. The van der Waals surface area contributed by atoms with Gasteiger partial charge in [0.1, 0.15) is 12.1 Å². The van der Waals surface area contributed by atoms with E-state index in [1.807, 2.05) is 44.2 Å². The molecule has 0 aliphatic carbocycles. The number of benzene rings is 2. The van der Waals surface area contributed by atoms with Crippen LogP contribution in [0.2, 0.25) is 0 Å². The molecule has 6 heteroatoms. The topological polar surface area (TPSA) is 116 Å². The fraction of sp³-hybridized carbons (Fsp3) is 0.300. The van der Waals surface area contributed by atoms with Crippen molar-refractivity contribution in [1.29, 1.82) is 0 Å². The quantitative estimate of drug-likeness (QED) is 0.519. The van der Waals surface area contributed by atoms with Crippen LogP contribution < -0.4 is 11.5 Å². The summed E-state index contributed by atoms with van der Waals surface area (Å²) in [5, 5.41) is 9.09. The average Bonchev–Trinajstić information content (AvgIpc) is 2.59. The lowest BCUT2D eigenvalue weighted by Gasteiger charge is -2.30. The van der Waals surface area contributed by atoms with Crippen molar-refractivity contribution in [2.75, 3.05) is 5.73 Å². The summed E-state index contributed by atoms with van der Waals surface area (Å²) in [7, 11) is 0. The van der Waals surface area contributed by atoms with Gasteiger partial charge in [-0.25, -0.2) is 9.59 Å². The van der Waals surface area contributed by atoms with Crippen LogP contribution in [0.1, 0.15) is 41.8 Å². The predicted octanol–water partition coefficient (Wildman–Crippen LogP) is 2.91. The van der Waals surface area contributed by atoms with Crippen molar-refractivity contribution >= 4 is 17.6 Å². The summed E-state index contributed by atoms with van der Waals surface area (Å²) in [4.78, 5) is 23.9. The number of esters is 1. The van der Waals surface area contributed by atoms with Crippen LogP contribution in [0.4, 0.5) is 5.69 Å². The molecule has 0 fully saturated rings. The van der Waals surface area contributed by atoms with E-state index in [9.17, 15) is 9.59 Å². The maximum Gasteiger partial charge on any atom is 0.335 e. The highest BCUT2D eigenvalue weighted by molar-refractivity contribution is 5.90. The standard InChI is InChI=1S/C20H24N2O4/c1-13(2)11-20(22,16-9-8-15(18(23)24)10-17(16)21)19(25)26-12-14-6-4-3-5-7-14/h3-10,13H,11-12,21-22H2,1-2H3,(H,23,24)/t20-/m0/s1. The van der Waals surface area contributed by atoms with Crippen molar-refractivity contribution in [2.24, 2.45) is 11.7 Å². The van der Waals surface area contributed by atoms with Gasteiger partial charge in [-0.05, 0) is 30.0 Å². The van der Waals surface area contributed by atoms with Gasteiger partial charge >= 0.3 is 11.9 Å². The number of hydrogen-bond donors (Lipinski definition) is 3. The molecule has 0 radical (unpaired) electrons. The van der Waals surface area contributed by atoms with Gasteiger partial charge in [0.2, 0.25) is 0 Å². The van der Waals surface area contributed by atoms with E-state index in [1.54, 1.807) is 0 Å². The van der Waals surface area contributed by atoms with Gasteiger partial charge in [0, 0.05) is 11.3 Å². The van der Waals surface area contributed by atoms with E-state index in [0.717, 1.165) is 5.56 Å². The molecule has 0 aromatic heterocycles. The first-order chi connectivity index (χ1) is 12.2. The fourth-order valence-electron chi connectivity index (χ4n) is 2.90. The molecule has 5 N–H and O–H groups in total. The predicted molar refractivity (Wildman–Crippen MR) is 99.4 cm³/mol. The minimum absolute atomic E-state index is 0.0378. The Labute approximate surface area is 152 Å². The van der Waals surface area contributed by atoms with Crippen LogP contribution in [0.25, 0.3) is 0 Å². The lowest BCUT2D eigenvalue weighted by atomic mass is 9.82. The van der Waals surface area contributed by atoms with E-state index in [-0.39, 0.29) is 23.8 Å². The van der Waals surface area contributed by atoms with Crippen molar-refractivity contribution in [3.05, 3.63) is 65.2 Å². The van der Waals surface area contributed by atoms with E-state index in [1.165, 1.54) is 18.2 Å². The van der Waals surface area contributed by atoms with Crippen molar-refractivity contribution in [3.8, 4) is 0 Å². The number of carbonyl (C=O) groups is 2. The molecule has 138 valence electrons. The maximum atomic E-state index is 12.8. The highest BCUT2D eigenvalue weighted by Gasteiger charge is 2.40. The van der Waals surface area contributed by atoms with Crippen LogP contribution in [0.5, 0.6) is 0 Å². The molecule has 6 nitrogen and oxygen atoms in total. The first kappa shape index (κ1) is 19.5. The van der Waals surface area contributed by atoms with Crippen LogP contribution in [0, 0.1) is 5.92 Å². The van der Waals surface area contributed by atoms with Gasteiger partial charge in [0.25, 0.3) is 0 Å². The molecular formula is C20H24N2O4. The van der Waals surface area contributed by atoms with Gasteiger partial charge in [0.05, 0.1) is 5.56 Å². The van der Waals surface area contributed by atoms with Crippen molar-refractivity contribution in [1.82, 2.24) is 0 Å². The van der Waals surface area contributed by atoms with Crippen LogP contribution in [-0.2, 0) is 21.7 Å². The zero-order valence-electron chi connectivity index (χ0n) is 14.9. The number of anilines is 1. The van der Waals surface area contributed by atoms with E-state index in [0.29, 0.717) is 12.0 Å². The van der Waals surface area contributed by atoms with Crippen LogP contribution in [-0.4, -0.2) is 17.0 Å². The molecule has 2 aromatic rings. The molecule has 0 aliphatic rings. The third-order valence-corrected chi connectivity index (χ3v) is 4.09. The highest BCUT2D eigenvalue weighted by Crippen LogP contribution is 2.32. The SMILES string of the molecule is CC(C)C[C@@](N)(C(=O)OCc1ccccc1)c1ccc(C(=O)O)cc1N. The maximum absolute atomic E-state index is 12.8. The summed E-state index contributed by atoms with van der Waals surface area (Å²) in [6, 6.07) is 13.5. The normalized spacial score (nSPS) is 13.2. The average molecular weight is 356 g/mol. The molecule has 0 heterocycles. The molecule has 0 saturated carbocycles. The number of carboxylic acid groups (broad SMARTS) is 1. The number of nitrogen functional groups attached to an aromatic ring is 1. The largest absolute Gasteiger partial charge is 0.478 e. The number of rotatable bonds is 7. The minimum atomic E-state index is -1.45. The Morgan fingerprint density at radius 2 is 1.81 bits per heavy atom. The number of carboxylic acids is 1. The monoisotopic (exact) mass is 356 g/mol. The zero-order valence-corrected chi connectivity index (χ0v) is 14.9. The summed E-state index contributed by atoms with van der Waals surface area (Å²) in [5.74, 6) is -1.59. The second kappa shape index (κ2) is 8.01. The molecule has 0 aliphatic heterocycles. The summed E-state index contributed by atoms with van der Waals surface area (Å²) in [6.45, 7) is 3.98. The molecule has 0 spiro atoms. The molecule has 2 aromatic carbocycles. The Hall–Kier alpha value is -2.86. The third-order valence-electron chi connectivity index (χ3n) is 4.09. The fourth-order valence-corrected chi connectivity index (χ4v) is 2.90. The number of aromatic carboxylic acids is 1.